The Hall–Kier alpha value is -5.31. The second-order valence-electron chi connectivity index (χ2n) is 18.1. The van der Waals surface area contributed by atoms with Crippen molar-refractivity contribution in [3.63, 3.8) is 0 Å². The predicted octanol–water partition coefficient (Wildman–Crippen LogP) is 4.24. The van der Waals surface area contributed by atoms with E-state index in [2.05, 4.69) is 31.2 Å². The summed E-state index contributed by atoms with van der Waals surface area (Å²) in [5.74, 6) is -1.78. The molecule has 14 nitrogen and oxygen atoms in total. The van der Waals surface area contributed by atoms with Crippen LogP contribution in [-0.2, 0) is 41.6 Å². The summed E-state index contributed by atoms with van der Waals surface area (Å²) in [4.78, 5) is 99.0. The molecule has 328 valence electrons. The number of carbonyl (C=O) groups is 6. The summed E-state index contributed by atoms with van der Waals surface area (Å²) in [6, 6.07) is 10.6. The Morgan fingerprint density at radius 2 is 1.29 bits per heavy atom. The average Bonchev–Trinajstić information content (AvgIpc) is 4.14. The van der Waals surface area contributed by atoms with Crippen LogP contribution < -0.4 is 21.3 Å². The lowest BCUT2D eigenvalue weighted by Crippen LogP contribution is -2.65. The van der Waals surface area contributed by atoms with Crippen LogP contribution in [0.5, 0.6) is 0 Å². The molecule has 2 aliphatic carbocycles. The summed E-state index contributed by atoms with van der Waals surface area (Å²) in [6.07, 6.45) is 13.4. The third kappa shape index (κ3) is 8.08. The highest BCUT2D eigenvalue weighted by molar-refractivity contribution is 7.98. The minimum Gasteiger partial charge on any atom is -0.361 e. The largest absolute Gasteiger partial charge is 0.361 e. The molecule has 2 aromatic carbocycles. The number of rotatable bonds is 7. The van der Waals surface area contributed by atoms with Crippen molar-refractivity contribution >= 4 is 69.0 Å². The Kier molecular flexibility index (Phi) is 12.1. The predicted molar refractivity (Wildman–Crippen MR) is 238 cm³/mol. The molecule has 2 saturated carbocycles. The Morgan fingerprint density at radius 3 is 1.97 bits per heavy atom. The second-order valence-corrected chi connectivity index (χ2v) is 19.1. The zero-order valence-corrected chi connectivity index (χ0v) is 36.2. The maximum Gasteiger partial charge on any atom is 0.246 e. The Balaban J connectivity index is 1.12. The third-order valence-electron chi connectivity index (χ3n) is 14.4. The topological polar surface area (TPSA) is 189 Å². The van der Waals surface area contributed by atoms with Gasteiger partial charge in [-0.3, -0.25) is 28.8 Å². The molecule has 6 amide bonds. The molecule has 6 N–H and O–H groups in total. The number of fused-ring (bicyclic) bond motifs is 6. The summed E-state index contributed by atoms with van der Waals surface area (Å²) in [7, 11) is 0. The van der Waals surface area contributed by atoms with Crippen LogP contribution in [0.15, 0.2) is 60.9 Å². The number of carbonyl (C=O) groups excluding carboxylic acids is 6. The van der Waals surface area contributed by atoms with Crippen LogP contribution in [0.3, 0.4) is 0 Å². The van der Waals surface area contributed by atoms with Crippen LogP contribution in [0.2, 0.25) is 0 Å². The molecule has 5 aliphatic rings. The number of benzene rings is 2. The van der Waals surface area contributed by atoms with Crippen molar-refractivity contribution in [1.29, 1.82) is 0 Å². The minimum atomic E-state index is -1.36. The van der Waals surface area contributed by atoms with Crippen molar-refractivity contribution in [2.24, 2.45) is 5.92 Å². The molecule has 9 rings (SSSR count). The number of aromatic amines is 2. The van der Waals surface area contributed by atoms with E-state index in [9.17, 15) is 24.0 Å². The molecule has 2 aromatic heterocycles. The molecule has 3 saturated heterocycles. The average molecular weight is 863 g/mol. The van der Waals surface area contributed by atoms with Gasteiger partial charge >= 0.3 is 0 Å². The molecular weight excluding hydrogens is 805 g/mol. The lowest BCUT2D eigenvalue weighted by atomic mass is 9.84. The van der Waals surface area contributed by atoms with E-state index < -0.39 is 59.4 Å². The summed E-state index contributed by atoms with van der Waals surface area (Å²) < 4.78 is 0. The van der Waals surface area contributed by atoms with E-state index in [-0.39, 0.29) is 36.6 Å². The van der Waals surface area contributed by atoms with Crippen LogP contribution in [-0.4, -0.2) is 116 Å². The summed E-state index contributed by atoms with van der Waals surface area (Å²) >= 11 is 1.56. The molecule has 4 aromatic rings. The van der Waals surface area contributed by atoms with Crippen LogP contribution in [0, 0.1) is 5.92 Å². The first kappa shape index (κ1) is 42.0. The molecule has 7 atom stereocenters. The van der Waals surface area contributed by atoms with Crippen molar-refractivity contribution in [2.45, 2.75) is 132 Å². The minimum absolute atomic E-state index is 0.122. The highest BCUT2D eigenvalue weighted by Gasteiger charge is 2.52. The van der Waals surface area contributed by atoms with Crippen molar-refractivity contribution in [2.75, 3.05) is 18.6 Å². The first-order valence-electron chi connectivity index (χ1n) is 22.6. The first-order valence-corrected chi connectivity index (χ1v) is 24.0. The van der Waals surface area contributed by atoms with Gasteiger partial charge in [-0.25, -0.2) is 0 Å². The zero-order valence-electron chi connectivity index (χ0n) is 35.4. The standard InChI is InChI=1S/C47H58N8O6S/c1-62-22-18-35-44(59)54-21-10-17-39(54)45(60)55-38-16-7-2-11-28(38)25-40(55)43(58)51-37(24-30-27-49-34-15-6-4-13-32(30)34)42(57)53-47(19-8-9-20-47)46(61)52-36(41(56)50-35)23-29-26-48-33-14-5-3-12-31(29)33/h3-6,12-15,26-28,35-40,48-49H,2,7-11,16-25H2,1H3,(H,50,56)(H,51,58)(H,52,61)(H,53,57)/t28-,35-,36-,37-,38-,39+,40-/m0/s1. The van der Waals surface area contributed by atoms with E-state index in [0.29, 0.717) is 63.7 Å². The monoisotopic (exact) mass is 862 g/mol. The number of nitrogens with one attached hydrogen (secondary N) is 6. The number of hydrogen-bond acceptors (Lipinski definition) is 7. The van der Waals surface area contributed by atoms with E-state index >= 15 is 4.79 Å². The molecule has 3 aliphatic heterocycles. The fraction of sp³-hybridized carbons (Fsp3) is 0.532. The van der Waals surface area contributed by atoms with E-state index in [1.54, 1.807) is 21.6 Å². The van der Waals surface area contributed by atoms with Crippen molar-refractivity contribution in [3.05, 3.63) is 72.1 Å². The van der Waals surface area contributed by atoms with Gasteiger partial charge < -0.3 is 41.0 Å². The molecular formula is C47H58N8O6S. The zero-order chi connectivity index (χ0) is 43.0. The maximum atomic E-state index is 15.1. The molecule has 15 heteroatoms. The third-order valence-corrected chi connectivity index (χ3v) is 15.0. The normalized spacial score (nSPS) is 28.6. The molecule has 0 unspecified atom stereocenters. The van der Waals surface area contributed by atoms with Gasteiger partial charge in [0.2, 0.25) is 35.4 Å². The van der Waals surface area contributed by atoms with Gasteiger partial charge in [-0.2, -0.15) is 11.8 Å². The Labute approximate surface area is 365 Å². The lowest BCUT2D eigenvalue weighted by Gasteiger charge is -2.38. The van der Waals surface area contributed by atoms with Gasteiger partial charge in [0.05, 0.1) is 0 Å². The van der Waals surface area contributed by atoms with Crippen LogP contribution >= 0.6 is 11.8 Å². The van der Waals surface area contributed by atoms with Gasteiger partial charge in [0.1, 0.15) is 35.7 Å². The molecule has 5 heterocycles. The molecule has 0 radical (unpaired) electrons. The number of para-hydroxylation sites is 2. The van der Waals surface area contributed by atoms with Gasteiger partial charge in [0.15, 0.2) is 0 Å². The molecule has 62 heavy (non-hydrogen) atoms. The number of hydrogen-bond donors (Lipinski definition) is 6. The number of thioether (sulfide) groups is 1. The lowest BCUT2D eigenvalue weighted by molar-refractivity contribution is -0.150. The number of aromatic nitrogens is 2. The van der Waals surface area contributed by atoms with Gasteiger partial charge in [-0.15, -0.1) is 0 Å². The van der Waals surface area contributed by atoms with E-state index in [1.165, 1.54) is 0 Å². The van der Waals surface area contributed by atoms with Gasteiger partial charge in [0.25, 0.3) is 0 Å². The van der Waals surface area contributed by atoms with Crippen molar-refractivity contribution in [3.8, 4) is 0 Å². The van der Waals surface area contributed by atoms with Crippen LogP contribution in [0.4, 0.5) is 0 Å². The Morgan fingerprint density at radius 1 is 0.661 bits per heavy atom. The number of amides is 6. The van der Waals surface area contributed by atoms with Crippen molar-refractivity contribution in [1.82, 2.24) is 41.0 Å². The van der Waals surface area contributed by atoms with Crippen LogP contribution in [0.25, 0.3) is 21.8 Å². The number of H-pyrrole nitrogens is 2. The Bertz CT molecular complexity index is 2350. The summed E-state index contributed by atoms with van der Waals surface area (Å²) in [5, 5.41) is 14.2. The van der Waals surface area contributed by atoms with Crippen molar-refractivity contribution < 1.29 is 28.8 Å². The summed E-state index contributed by atoms with van der Waals surface area (Å²) in [6.45, 7) is 0.352. The SMILES string of the molecule is CSCC[C@@H]1NC(=O)[C@H](Cc2c[nH]c3ccccc23)NC(=O)C2(CCCC2)NC(=O)[C@H](Cc2c[nH]c3ccccc23)NC(=O)[C@@H]2C[C@@H]3CCCC[C@@H]3N2C(=O)[C@H]2CCCN2C1=O. The van der Waals surface area contributed by atoms with Gasteiger partial charge in [-0.1, -0.05) is 62.1 Å². The highest BCUT2D eigenvalue weighted by atomic mass is 32.2. The summed E-state index contributed by atoms with van der Waals surface area (Å²) in [5.41, 5.74) is 2.06. The van der Waals surface area contributed by atoms with E-state index in [4.69, 9.17) is 0 Å². The highest BCUT2D eigenvalue weighted by Crippen LogP contribution is 2.41. The molecule has 0 bridgehead atoms. The molecule has 1 spiro atoms. The fourth-order valence-corrected chi connectivity index (χ4v) is 11.6. The maximum absolute atomic E-state index is 15.1. The number of nitrogens with zero attached hydrogens (tertiary/aromatic N) is 2. The van der Waals surface area contributed by atoms with Gasteiger partial charge in [0, 0.05) is 59.6 Å². The smallest absolute Gasteiger partial charge is 0.246 e. The first-order chi connectivity index (χ1) is 30.1. The fourth-order valence-electron chi connectivity index (χ4n) is 11.2. The van der Waals surface area contributed by atoms with E-state index in [0.717, 1.165) is 58.6 Å². The molecule has 5 fully saturated rings. The quantitative estimate of drug-likeness (QED) is 0.160. The van der Waals surface area contributed by atoms with Crippen LogP contribution in [0.1, 0.15) is 88.2 Å². The van der Waals surface area contributed by atoms with Gasteiger partial charge in [-0.05, 0) is 92.6 Å². The second kappa shape index (κ2) is 17.8. The van der Waals surface area contributed by atoms with E-state index in [1.807, 2.05) is 67.2 Å².